The highest BCUT2D eigenvalue weighted by Gasteiger charge is 2.45. The molecule has 1 amide bonds. The van der Waals surface area contributed by atoms with Gasteiger partial charge in [0.2, 0.25) is 5.91 Å². The fourth-order valence-corrected chi connectivity index (χ4v) is 4.89. The van der Waals surface area contributed by atoms with Crippen molar-refractivity contribution >= 4 is 17.7 Å². The Labute approximate surface area is 201 Å². The normalized spacial score (nSPS) is 20.2. The van der Waals surface area contributed by atoms with Gasteiger partial charge in [0.15, 0.2) is 0 Å². The minimum atomic E-state index is -0.965. The predicted octanol–water partition coefficient (Wildman–Crippen LogP) is 5.65. The number of amides is 1. The van der Waals surface area contributed by atoms with E-state index < -0.39 is 17.9 Å². The first-order valence-corrected chi connectivity index (χ1v) is 14.3. The third kappa shape index (κ3) is 11.0. The molecule has 0 spiro atoms. The van der Waals surface area contributed by atoms with Gasteiger partial charge < -0.3 is 20.5 Å². The number of nitrogens with two attached hydrogens (primary N) is 1. The average Bonchev–Trinajstić information content (AvgIpc) is 3.08. The number of unbranched alkanes of at least 4 members (excludes halogenated alkanes) is 11. The van der Waals surface area contributed by atoms with Gasteiger partial charge in [0.05, 0.1) is 18.8 Å². The van der Waals surface area contributed by atoms with E-state index in [9.17, 15) is 9.90 Å². The summed E-state index contributed by atoms with van der Waals surface area (Å²) in [5.74, 6) is 0.732. The van der Waals surface area contributed by atoms with Crippen LogP contribution in [0.4, 0.5) is 0 Å². The average molecular weight is 471 g/mol. The van der Waals surface area contributed by atoms with Crippen molar-refractivity contribution in [2.45, 2.75) is 128 Å². The molecule has 1 saturated heterocycles. The first-order chi connectivity index (χ1) is 15.3. The van der Waals surface area contributed by atoms with Gasteiger partial charge in [-0.3, -0.25) is 4.79 Å². The van der Waals surface area contributed by atoms with E-state index in [1.54, 1.807) is 22.7 Å². The zero-order valence-electron chi connectivity index (χ0n) is 21.2. The summed E-state index contributed by atoms with van der Waals surface area (Å²) < 4.78 is 5.84. The van der Waals surface area contributed by atoms with Crippen LogP contribution in [0.15, 0.2) is 12.2 Å². The van der Waals surface area contributed by atoms with Gasteiger partial charge in [0, 0.05) is 0 Å². The van der Waals surface area contributed by atoms with E-state index in [4.69, 9.17) is 10.5 Å². The molecule has 0 saturated carbocycles. The van der Waals surface area contributed by atoms with Crippen LogP contribution < -0.4 is 5.73 Å². The van der Waals surface area contributed by atoms with Crippen LogP contribution in [0.3, 0.4) is 0 Å². The molecule has 0 aromatic rings. The van der Waals surface area contributed by atoms with E-state index in [1.807, 2.05) is 19.9 Å². The maximum absolute atomic E-state index is 13.0. The predicted molar refractivity (Wildman–Crippen MR) is 138 cm³/mol. The van der Waals surface area contributed by atoms with Crippen molar-refractivity contribution in [1.29, 1.82) is 0 Å². The number of hydrogen-bond acceptors (Lipinski definition) is 5. The van der Waals surface area contributed by atoms with Gasteiger partial charge >= 0.3 is 0 Å². The number of carbonyl (C=O) groups excluding carboxylic acids is 1. The summed E-state index contributed by atoms with van der Waals surface area (Å²) in [5, 5.41) is 10.5. The van der Waals surface area contributed by atoms with Crippen molar-refractivity contribution in [3.63, 3.8) is 0 Å². The van der Waals surface area contributed by atoms with Crippen LogP contribution in [-0.2, 0) is 9.53 Å². The van der Waals surface area contributed by atoms with Crippen LogP contribution in [0.25, 0.3) is 0 Å². The summed E-state index contributed by atoms with van der Waals surface area (Å²) >= 11 is 1.76. The Balaban J connectivity index is 2.24. The SMILES string of the molecule is CCCCCCCCCCCCC/C=C/[C@@H](O)[C@@H](N)C(=O)N1[C@@H](CCSC)COC1(C)C. The Kier molecular flexibility index (Phi) is 15.6. The molecule has 5 nitrogen and oxygen atoms in total. The van der Waals surface area contributed by atoms with Crippen molar-refractivity contribution in [3.05, 3.63) is 12.2 Å². The van der Waals surface area contributed by atoms with Gasteiger partial charge in [-0.1, -0.05) is 83.3 Å². The molecule has 3 atom stereocenters. The zero-order chi connectivity index (χ0) is 23.8. The molecule has 0 aliphatic carbocycles. The summed E-state index contributed by atoms with van der Waals surface area (Å²) in [4.78, 5) is 14.8. The second-order valence-corrected chi connectivity index (χ2v) is 10.7. The van der Waals surface area contributed by atoms with Crippen LogP contribution in [0.1, 0.15) is 104 Å². The van der Waals surface area contributed by atoms with E-state index in [-0.39, 0.29) is 11.9 Å². The molecule has 1 fully saturated rings. The van der Waals surface area contributed by atoms with Gasteiger partial charge in [0.1, 0.15) is 11.8 Å². The van der Waals surface area contributed by atoms with E-state index >= 15 is 0 Å². The van der Waals surface area contributed by atoms with E-state index in [1.165, 1.54) is 64.2 Å². The highest BCUT2D eigenvalue weighted by molar-refractivity contribution is 7.98. The molecule has 1 aliphatic rings. The Morgan fingerprint density at radius 3 is 2.25 bits per heavy atom. The fourth-order valence-electron chi connectivity index (χ4n) is 4.38. The molecular weight excluding hydrogens is 420 g/mol. The number of hydrogen-bond donors (Lipinski definition) is 2. The summed E-state index contributed by atoms with van der Waals surface area (Å²) in [6.45, 7) is 6.57. The summed E-state index contributed by atoms with van der Waals surface area (Å²) in [6.07, 6.45) is 21.1. The number of aliphatic hydroxyl groups excluding tert-OH is 1. The second kappa shape index (κ2) is 17.0. The fraction of sp³-hybridized carbons (Fsp3) is 0.885. The molecule has 0 bridgehead atoms. The molecule has 3 N–H and O–H groups in total. The molecular formula is C26H50N2O3S. The lowest BCUT2D eigenvalue weighted by atomic mass is 10.0. The lowest BCUT2D eigenvalue weighted by Crippen LogP contribution is -2.57. The summed E-state index contributed by atoms with van der Waals surface area (Å²) in [6, 6.07) is -0.940. The maximum Gasteiger partial charge on any atom is 0.245 e. The van der Waals surface area contributed by atoms with E-state index in [2.05, 4.69) is 13.2 Å². The van der Waals surface area contributed by atoms with Crippen molar-refractivity contribution in [1.82, 2.24) is 4.90 Å². The Bertz CT molecular complexity index is 527. The van der Waals surface area contributed by atoms with Crippen LogP contribution in [0.5, 0.6) is 0 Å². The summed E-state index contributed by atoms with van der Waals surface area (Å²) in [5.41, 5.74) is 5.46. The smallest absolute Gasteiger partial charge is 0.245 e. The third-order valence-corrected chi connectivity index (χ3v) is 7.07. The molecule has 0 radical (unpaired) electrons. The number of nitrogens with zero attached hydrogens (tertiary/aromatic N) is 1. The maximum atomic E-state index is 13.0. The standard InChI is InChI=1S/C26H50N2O3S/c1-5-6-7-8-9-10-11-12-13-14-15-16-17-18-23(29)24(27)25(30)28-22(19-20-32-4)21-31-26(28,2)3/h17-18,22-24,29H,5-16,19-21,27H2,1-4H3/b18-17+/t22-,23+,24+/m0/s1. The first-order valence-electron chi connectivity index (χ1n) is 12.9. The minimum absolute atomic E-state index is 0.0171. The molecule has 1 aliphatic heterocycles. The molecule has 1 rings (SSSR count). The highest BCUT2D eigenvalue weighted by Crippen LogP contribution is 2.30. The van der Waals surface area contributed by atoms with Crippen LogP contribution in [0.2, 0.25) is 0 Å². The van der Waals surface area contributed by atoms with Gasteiger partial charge in [-0.25, -0.2) is 0 Å². The number of rotatable bonds is 18. The van der Waals surface area contributed by atoms with Gasteiger partial charge in [0.25, 0.3) is 0 Å². The lowest BCUT2D eigenvalue weighted by Gasteiger charge is -2.36. The van der Waals surface area contributed by atoms with Crippen molar-refractivity contribution < 1.29 is 14.6 Å². The van der Waals surface area contributed by atoms with E-state index in [0.29, 0.717) is 6.61 Å². The van der Waals surface area contributed by atoms with Crippen molar-refractivity contribution in [2.75, 3.05) is 18.6 Å². The molecule has 32 heavy (non-hydrogen) atoms. The number of thioether (sulfide) groups is 1. The molecule has 0 aromatic carbocycles. The number of ether oxygens (including phenoxy) is 1. The Hall–Kier alpha value is -0.560. The van der Waals surface area contributed by atoms with Crippen LogP contribution in [-0.4, -0.2) is 58.4 Å². The van der Waals surface area contributed by atoms with Crippen molar-refractivity contribution in [3.8, 4) is 0 Å². The zero-order valence-corrected chi connectivity index (χ0v) is 22.0. The van der Waals surface area contributed by atoms with Gasteiger partial charge in [-0.15, -0.1) is 0 Å². The highest BCUT2D eigenvalue weighted by atomic mass is 32.2. The lowest BCUT2D eigenvalue weighted by molar-refractivity contribution is -0.149. The third-order valence-electron chi connectivity index (χ3n) is 6.43. The molecule has 188 valence electrons. The number of aliphatic hydroxyl groups is 1. The van der Waals surface area contributed by atoms with E-state index in [0.717, 1.165) is 25.0 Å². The molecule has 0 aromatic heterocycles. The van der Waals surface area contributed by atoms with Crippen molar-refractivity contribution in [2.24, 2.45) is 5.73 Å². The number of allylic oxidation sites excluding steroid dienone is 1. The molecule has 1 heterocycles. The molecule has 6 heteroatoms. The quantitative estimate of drug-likeness (QED) is 0.200. The Morgan fingerprint density at radius 1 is 1.12 bits per heavy atom. The molecule has 0 unspecified atom stereocenters. The second-order valence-electron chi connectivity index (χ2n) is 9.67. The number of carbonyl (C=O) groups is 1. The van der Waals surface area contributed by atoms with Crippen LogP contribution >= 0.6 is 11.8 Å². The van der Waals surface area contributed by atoms with Crippen LogP contribution in [0, 0.1) is 0 Å². The van der Waals surface area contributed by atoms with Gasteiger partial charge in [-0.05, 0) is 45.1 Å². The summed E-state index contributed by atoms with van der Waals surface area (Å²) in [7, 11) is 0. The first kappa shape index (κ1) is 29.5. The Morgan fingerprint density at radius 2 is 1.69 bits per heavy atom. The van der Waals surface area contributed by atoms with Gasteiger partial charge in [-0.2, -0.15) is 11.8 Å². The largest absolute Gasteiger partial charge is 0.387 e. The monoisotopic (exact) mass is 470 g/mol. The minimum Gasteiger partial charge on any atom is -0.387 e. The topological polar surface area (TPSA) is 75.8 Å².